The third-order valence-corrected chi connectivity index (χ3v) is 2.16. The zero-order chi connectivity index (χ0) is 7.40. The van der Waals surface area contributed by atoms with E-state index in [0.717, 1.165) is 31.9 Å². The van der Waals surface area contributed by atoms with E-state index in [1.165, 1.54) is 0 Å². The summed E-state index contributed by atoms with van der Waals surface area (Å²) < 4.78 is 0. The van der Waals surface area contributed by atoms with Gasteiger partial charge >= 0.3 is 0 Å². The van der Waals surface area contributed by atoms with Crippen molar-refractivity contribution in [1.82, 2.24) is 0 Å². The van der Waals surface area contributed by atoms with Crippen molar-refractivity contribution in [3.63, 3.8) is 0 Å². The van der Waals surface area contributed by atoms with E-state index in [0.29, 0.717) is 0 Å². The van der Waals surface area contributed by atoms with E-state index in [2.05, 4.69) is 5.97 Å². The molecular formula is C7H10BNO. The van der Waals surface area contributed by atoms with Gasteiger partial charge in [-0.25, -0.2) is 5.26 Å². The van der Waals surface area contributed by atoms with Crippen LogP contribution in [0.2, 0.25) is 12.1 Å². The SMILES string of the molecule is N#CB1CCCCC1C=O. The average Bonchev–Trinajstić information content (AvgIpc) is 2.04. The molecule has 1 saturated heterocycles. The molecule has 10 heavy (non-hydrogen) atoms. The van der Waals surface area contributed by atoms with Crippen molar-refractivity contribution in [2.75, 3.05) is 0 Å². The lowest BCUT2D eigenvalue weighted by molar-refractivity contribution is -0.108. The first-order valence-electron chi connectivity index (χ1n) is 3.73. The second-order valence-electron chi connectivity index (χ2n) is 2.82. The van der Waals surface area contributed by atoms with E-state index in [-0.39, 0.29) is 12.5 Å². The Morgan fingerprint density at radius 3 is 2.90 bits per heavy atom. The fourth-order valence-electron chi connectivity index (χ4n) is 1.48. The Morgan fingerprint density at radius 2 is 2.40 bits per heavy atom. The molecule has 0 amide bonds. The van der Waals surface area contributed by atoms with E-state index in [9.17, 15) is 4.79 Å². The number of rotatable bonds is 1. The number of nitriles is 1. The van der Waals surface area contributed by atoms with Crippen molar-refractivity contribution in [2.24, 2.45) is 0 Å². The summed E-state index contributed by atoms with van der Waals surface area (Å²) >= 11 is 0. The maximum Gasteiger partial charge on any atom is 0.278 e. The van der Waals surface area contributed by atoms with Crippen molar-refractivity contribution < 1.29 is 4.79 Å². The standard InChI is InChI=1S/C7H10BNO/c9-6-8-4-2-1-3-7(8)5-10/h5,7H,1-4H2. The molecule has 0 aromatic carbocycles. The summed E-state index contributed by atoms with van der Waals surface area (Å²) in [4.78, 5) is 10.4. The van der Waals surface area contributed by atoms with Gasteiger partial charge < -0.3 is 4.79 Å². The van der Waals surface area contributed by atoms with Crippen LogP contribution >= 0.6 is 0 Å². The topological polar surface area (TPSA) is 40.9 Å². The minimum atomic E-state index is 0.00579. The Kier molecular flexibility index (Phi) is 2.50. The Morgan fingerprint density at radius 1 is 1.60 bits per heavy atom. The molecule has 0 saturated carbocycles. The molecular weight excluding hydrogens is 125 g/mol. The molecule has 1 unspecified atom stereocenters. The highest BCUT2D eigenvalue weighted by Crippen LogP contribution is 2.26. The fraction of sp³-hybridized carbons (Fsp3) is 0.714. The van der Waals surface area contributed by atoms with E-state index in [4.69, 9.17) is 5.26 Å². The molecule has 0 spiro atoms. The molecule has 1 aliphatic heterocycles. The van der Waals surface area contributed by atoms with Crippen LogP contribution < -0.4 is 0 Å². The highest BCUT2D eigenvalue weighted by atomic mass is 16.1. The Hall–Kier alpha value is -0.775. The van der Waals surface area contributed by atoms with Crippen LogP contribution in [0.1, 0.15) is 19.3 Å². The second-order valence-corrected chi connectivity index (χ2v) is 2.82. The summed E-state index contributed by atoms with van der Waals surface area (Å²) in [5, 5.41) is 8.58. The van der Waals surface area contributed by atoms with Crippen LogP contribution in [0.25, 0.3) is 0 Å². The zero-order valence-corrected chi connectivity index (χ0v) is 5.92. The highest BCUT2D eigenvalue weighted by molar-refractivity contribution is 6.71. The van der Waals surface area contributed by atoms with Crippen LogP contribution in [0.3, 0.4) is 0 Å². The van der Waals surface area contributed by atoms with Crippen molar-refractivity contribution >= 4 is 13.0 Å². The Labute approximate surface area is 61.3 Å². The van der Waals surface area contributed by atoms with Crippen LogP contribution in [0.15, 0.2) is 0 Å². The quantitative estimate of drug-likeness (QED) is 0.401. The number of hydrogen-bond acceptors (Lipinski definition) is 2. The van der Waals surface area contributed by atoms with Crippen molar-refractivity contribution in [3.05, 3.63) is 0 Å². The van der Waals surface area contributed by atoms with Gasteiger partial charge in [-0.3, -0.25) is 0 Å². The van der Waals surface area contributed by atoms with E-state index in [1.807, 2.05) is 0 Å². The molecule has 3 heteroatoms. The fourth-order valence-corrected chi connectivity index (χ4v) is 1.48. The molecule has 0 radical (unpaired) electrons. The van der Waals surface area contributed by atoms with Gasteiger partial charge in [0.1, 0.15) is 6.29 Å². The van der Waals surface area contributed by atoms with Gasteiger partial charge in [-0.2, -0.15) is 0 Å². The monoisotopic (exact) mass is 135 g/mol. The minimum absolute atomic E-state index is 0.00579. The summed E-state index contributed by atoms with van der Waals surface area (Å²) in [5.41, 5.74) is 0. The van der Waals surface area contributed by atoms with Gasteiger partial charge in [0.05, 0.1) is 0 Å². The second kappa shape index (κ2) is 3.41. The summed E-state index contributed by atoms with van der Waals surface area (Å²) in [5.74, 6) is 2.20. The zero-order valence-electron chi connectivity index (χ0n) is 5.92. The normalized spacial score (nSPS) is 25.5. The summed E-state index contributed by atoms with van der Waals surface area (Å²) in [6.45, 7) is 0.00579. The van der Waals surface area contributed by atoms with Crippen LogP contribution in [-0.4, -0.2) is 13.0 Å². The first kappa shape index (κ1) is 7.33. The maximum atomic E-state index is 10.4. The van der Waals surface area contributed by atoms with Gasteiger partial charge in [0.25, 0.3) is 6.71 Å². The molecule has 0 aromatic rings. The molecule has 0 N–H and O–H groups in total. The number of hydrogen-bond donors (Lipinski definition) is 0. The molecule has 52 valence electrons. The summed E-state index contributed by atoms with van der Waals surface area (Å²) in [7, 11) is 0. The Bertz CT molecular complexity index is 163. The largest absolute Gasteiger partial charge is 0.304 e. The minimum Gasteiger partial charge on any atom is -0.304 e. The van der Waals surface area contributed by atoms with E-state index >= 15 is 0 Å². The van der Waals surface area contributed by atoms with Gasteiger partial charge in [0, 0.05) is 11.8 Å². The molecule has 1 fully saturated rings. The van der Waals surface area contributed by atoms with Gasteiger partial charge in [-0.1, -0.05) is 19.2 Å². The number of carbonyl (C=O) groups is 1. The molecule has 1 rings (SSSR count). The lowest BCUT2D eigenvalue weighted by Crippen LogP contribution is -2.23. The maximum absolute atomic E-state index is 10.4. The van der Waals surface area contributed by atoms with Crippen molar-refractivity contribution in [2.45, 2.75) is 31.4 Å². The molecule has 0 aromatic heterocycles. The predicted molar refractivity (Wildman–Crippen MR) is 39.8 cm³/mol. The van der Waals surface area contributed by atoms with E-state index < -0.39 is 0 Å². The van der Waals surface area contributed by atoms with Crippen LogP contribution in [0, 0.1) is 11.2 Å². The van der Waals surface area contributed by atoms with E-state index in [1.54, 1.807) is 0 Å². The molecule has 1 atom stereocenters. The van der Waals surface area contributed by atoms with Gasteiger partial charge in [-0.15, -0.1) is 0 Å². The number of carbonyl (C=O) groups excluding carboxylic acids is 1. The van der Waals surface area contributed by atoms with Crippen molar-refractivity contribution in [1.29, 1.82) is 5.26 Å². The summed E-state index contributed by atoms with van der Waals surface area (Å²) in [6.07, 6.45) is 5.00. The van der Waals surface area contributed by atoms with Crippen LogP contribution in [0.4, 0.5) is 0 Å². The molecule has 1 heterocycles. The molecule has 2 nitrogen and oxygen atoms in total. The van der Waals surface area contributed by atoms with Crippen LogP contribution in [-0.2, 0) is 4.79 Å². The number of nitrogens with zero attached hydrogens (tertiary/aromatic N) is 1. The van der Waals surface area contributed by atoms with Crippen molar-refractivity contribution in [3.8, 4) is 5.97 Å². The van der Waals surface area contributed by atoms with Gasteiger partial charge in [-0.05, 0) is 6.42 Å². The first-order valence-corrected chi connectivity index (χ1v) is 3.73. The molecule has 0 aliphatic carbocycles. The summed E-state index contributed by atoms with van der Waals surface area (Å²) in [6, 6.07) is 0. The first-order chi connectivity index (χ1) is 4.88. The third kappa shape index (κ3) is 1.38. The van der Waals surface area contributed by atoms with Crippen LogP contribution in [0.5, 0.6) is 0 Å². The smallest absolute Gasteiger partial charge is 0.278 e. The lowest BCUT2D eigenvalue weighted by Gasteiger charge is -2.17. The molecule has 0 bridgehead atoms. The molecule has 1 aliphatic rings. The predicted octanol–water partition coefficient (Wildman–Crippen LogP) is 1.30. The van der Waals surface area contributed by atoms with Gasteiger partial charge in [0.15, 0.2) is 0 Å². The highest BCUT2D eigenvalue weighted by Gasteiger charge is 2.28. The third-order valence-electron chi connectivity index (χ3n) is 2.16. The Balaban J connectivity index is 2.51. The average molecular weight is 135 g/mol. The number of aldehydes is 1. The van der Waals surface area contributed by atoms with Gasteiger partial charge in [0.2, 0.25) is 0 Å². The lowest BCUT2D eigenvalue weighted by atomic mass is 9.37.